The number of aromatic amines is 2. The second-order valence-electron chi connectivity index (χ2n) is 5.53. The predicted molar refractivity (Wildman–Crippen MR) is 85.4 cm³/mol. The number of nitrogens with one attached hydrogen (secondary N) is 4. The van der Waals surface area contributed by atoms with Gasteiger partial charge < -0.3 is 15.6 Å². The van der Waals surface area contributed by atoms with Gasteiger partial charge >= 0.3 is 0 Å². The molecule has 7 nitrogen and oxygen atoms in total. The van der Waals surface area contributed by atoms with Crippen molar-refractivity contribution in [3.63, 3.8) is 0 Å². The largest absolute Gasteiger partial charge is 0.361 e. The summed E-state index contributed by atoms with van der Waals surface area (Å²) >= 11 is 0. The highest BCUT2D eigenvalue weighted by Crippen LogP contribution is 2.40. The molecule has 0 bridgehead atoms. The molecule has 1 aliphatic heterocycles. The summed E-state index contributed by atoms with van der Waals surface area (Å²) in [4.78, 5) is 27.3. The van der Waals surface area contributed by atoms with Crippen molar-refractivity contribution in [1.82, 2.24) is 20.5 Å². The van der Waals surface area contributed by atoms with E-state index in [1.54, 1.807) is 7.05 Å². The number of nitrogens with zero attached hydrogens (tertiary/aromatic N) is 1. The lowest BCUT2D eigenvalue weighted by Gasteiger charge is -2.23. The number of H-pyrrole nitrogens is 2. The molecule has 0 fully saturated rings. The molecule has 0 aliphatic carbocycles. The summed E-state index contributed by atoms with van der Waals surface area (Å²) in [6.45, 7) is 0. The number of carbonyl (C=O) groups is 2. The van der Waals surface area contributed by atoms with E-state index in [1.807, 2.05) is 30.5 Å². The Morgan fingerprint density at radius 1 is 1.35 bits per heavy atom. The number of carbonyl (C=O) groups excluding carboxylic acids is 2. The summed E-state index contributed by atoms with van der Waals surface area (Å²) in [7, 11) is 1.57. The number of aromatic nitrogens is 3. The molecule has 1 aromatic carbocycles. The van der Waals surface area contributed by atoms with Crippen LogP contribution in [0.2, 0.25) is 0 Å². The van der Waals surface area contributed by atoms with Crippen LogP contribution in [0.15, 0.2) is 30.5 Å². The van der Waals surface area contributed by atoms with Crippen LogP contribution < -0.4 is 10.6 Å². The van der Waals surface area contributed by atoms with Crippen LogP contribution in [0.4, 0.5) is 5.82 Å². The third-order valence-electron chi connectivity index (χ3n) is 4.26. The lowest BCUT2D eigenvalue weighted by atomic mass is 9.84. The summed E-state index contributed by atoms with van der Waals surface area (Å²) in [5.74, 6) is -0.146. The normalized spacial score (nSPS) is 16.9. The van der Waals surface area contributed by atoms with Crippen molar-refractivity contribution in [3.8, 4) is 0 Å². The molecule has 2 amide bonds. The van der Waals surface area contributed by atoms with Gasteiger partial charge in [-0.3, -0.25) is 14.7 Å². The highest BCUT2D eigenvalue weighted by molar-refractivity contribution is 6.01. The first-order chi connectivity index (χ1) is 11.2. The van der Waals surface area contributed by atoms with E-state index >= 15 is 0 Å². The first-order valence-electron chi connectivity index (χ1n) is 7.35. The molecule has 116 valence electrons. The minimum absolute atomic E-state index is 0.106. The van der Waals surface area contributed by atoms with Gasteiger partial charge in [-0.1, -0.05) is 12.1 Å². The SMILES string of the molecule is CNC(=O)c1[nH]nc2c1[C@@H](c1cccc3[nH]ccc13)CC(=O)N2. The number of hydrogen-bond acceptors (Lipinski definition) is 3. The summed E-state index contributed by atoms with van der Waals surface area (Å²) in [5, 5.41) is 13.2. The van der Waals surface area contributed by atoms with Gasteiger partial charge in [-0.05, 0) is 17.7 Å². The van der Waals surface area contributed by atoms with Crippen molar-refractivity contribution in [1.29, 1.82) is 0 Å². The Morgan fingerprint density at radius 2 is 2.22 bits per heavy atom. The average Bonchev–Trinajstić information content (AvgIpc) is 3.19. The molecule has 3 heterocycles. The number of rotatable bonds is 2. The topological polar surface area (TPSA) is 103 Å². The summed E-state index contributed by atoms with van der Waals surface area (Å²) in [6.07, 6.45) is 2.15. The standard InChI is InChI=1S/C16H15N5O2/c1-17-16(23)14-13-10(7-12(22)19-15(13)21-20-14)8-3-2-4-11-9(8)5-6-18-11/h2-6,10,18H,7H2,1H3,(H,17,23)(H2,19,20,21,22)/t10-/m1/s1. The van der Waals surface area contributed by atoms with Crippen molar-refractivity contribution >= 4 is 28.5 Å². The number of hydrogen-bond donors (Lipinski definition) is 4. The maximum atomic E-state index is 12.1. The lowest BCUT2D eigenvalue weighted by Crippen LogP contribution is -2.26. The van der Waals surface area contributed by atoms with E-state index in [2.05, 4.69) is 25.8 Å². The van der Waals surface area contributed by atoms with E-state index in [1.165, 1.54) is 0 Å². The zero-order valence-electron chi connectivity index (χ0n) is 12.4. The van der Waals surface area contributed by atoms with Crippen LogP contribution in [0.5, 0.6) is 0 Å². The first kappa shape index (κ1) is 13.6. The fourth-order valence-corrected chi connectivity index (χ4v) is 3.23. The minimum Gasteiger partial charge on any atom is -0.361 e. The quantitative estimate of drug-likeness (QED) is 0.579. The molecule has 0 radical (unpaired) electrons. The molecule has 4 rings (SSSR count). The Labute approximate surface area is 131 Å². The number of benzene rings is 1. The van der Waals surface area contributed by atoms with Crippen LogP contribution in [0, 0.1) is 0 Å². The summed E-state index contributed by atoms with van der Waals surface area (Å²) in [6, 6.07) is 7.90. The molecule has 7 heteroatoms. The third kappa shape index (κ3) is 2.01. The Morgan fingerprint density at radius 3 is 3.04 bits per heavy atom. The fourth-order valence-electron chi connectivity index (χ4n) is 3.23. The summed E-state index contributed by atoms with van der Waals surface area (Å²) < 4.78 is 0. The second kappa shape index (κ2) is 4.98. The lowest BCUT2D eigenvalue weighted by molar-refractivity contribution is -0.116. The maximum Gasteiger partial charge on any atom is 0.269 e. The zero-order chi connectivity index (χ0) is 16.0. The van der Waals surface area contributed by atoms with Crippen molar-refractivity contribution in [3.05, 3.63) is 47.3 Å². The average molecular weight is 309 g/mol. The van der Waals surface area contributed by atoms with Crippen LogP contribution in [0.1, 0.15) is 34.0 Å². The van der Waals surface area contributed by atoms with Gasteiger partial charge in [0.25, 0.3) is 5.91 Å². The zero-order valence-corrected chi connectivity index (χ0v) is 12.4. The molecule has 2 aromatic heterocycles. The van der Waals surface area contributed by atoms with E-state index in [4.69, 9.17) is 0 Å². The molecule has 0 unspecified atom stereocenters. The number of amides is 2. The van der Waals surface area contributed by atoms with Crippen LogP contribution in [-0.2, 0) is 4.79 Å². The molecule has 3 aromatic rings. The van der Waals surface area contributed by atoms with E-state index < -0.39 is 0 Å². The van der Waals surface area contributed by atoms with Crippen molar-refractivity contribution in [2.75, 3.05) is 12.4 Å². The maximum absolute atomic E-state index is 12.1. The third-order valence-corrected chi connectivity index (χ3v) is 4.26. The van der Waals surface area contributed by atoms with Crippen molar-refractivity contribution < 1.29 is 9.59 Å². The number of fused-ring (bicyclic) bond motifs is 2. The van der Waals surface area contributed by atoms with Gasteiger partial charge in [-0.15, -0.1) is 0 Å². The highest BCUT2D eigenvalue weighted by Gasteiger charge is 2.34. The van der Waals surface area contributed by atoms with Gasteiger partial charge in [0.1, 0.15) is 5.69 Å². The van der Waals surface area contributed by atoms with Crippen LogP contribution >= 0.6 is 0 Å². The molecule has 0 spiro atoms. The van der Waals surface area contributed by atoms with Gasteiger partial charge in [0.2, 0.25) is 5.91 Å². The van der Waals surface area contributed by atoms with Gasteiger partial charge in [0.15, 0.2) is 5.82 Å². The smallest absolute Gasteiger partial charge is 0.269 e. The van der Waals surface area contributed by atoms with Crippen LogP contribution in [0.3, 0.4) is 0 Å². The number of anilines is 1. The van der Waals surface area contributed by atoms with Gasteiger partial charge in [0, 0.05) is 42.0 Å². The van der Waals surface area contributed by atoms with Gasteiger partial charge in [-0.25, -0.2) is 0 Å². The second-order valence-corrected chi connectivity index (χ2v) is 5.53. The molecule has 23 heavy (non-hydrogen) atoms. The predicted octanol–water partition coefficient (Wildman–Crippen LogP) is 1.72. The van der Waals surface area contributed by atoms with Crippen LogP contribution in [-0.4, -0.2) is 34.0 Å². The molecular formula is C16H15N5O2. The van der Waals surface area contributed by atoms with E-state index in [0.717, 1.165) is 22.0 Å². The van der Waals surface area contributed by atoms with Gasteiger partial charge in [0.05, 0.1) is 0 Å². The Balaban J connectivity index is 1.94. The molecule has 1 atom stereocenters. The molecule has 4 N–H and O–H groups in total. The first-order valence-corrected chi connectivity index (χ1v) is 7.35. The molecule has 1 aliphatic rings. The Bertz CT molecular complexity index is 924. The Kier molecular flexibility index (Phi) is 2.94. The van der Waals surface area contributed by atoms with Gasteiger partial charge in [-0.2, -0.15) is 5.10 Å². The minimum atomic E-state index is -0.249. The Hall–Kier alpha value is -3.09. The molecule has 0 saturated heterocycles. The fraction of sp³-hybridized carbons (Fsp3) is 0.188. The van der Waals surface area contributed by atoms with Crippen molar-refractivity contribution in [2.24, 2.45) is 0 Å². The van der Waals surface area contributed by atoms with E-state index in [9.17, 15) is 9.59 Å². The van der Waals surface area contributed by atoms with Crippen molar-refractivity contribution in [2.45, 2.75) is 12.3 Å². The monoisotopic (exact) mass is 309 g/mol. The van der Waals surface area contributed by atoms with E-state index in [-0.39, 0.29) is 24.2 Å². The summed E-state index contributed by atoms with van der Waals surface area (Å²) in [5.41, 5.74) is 3.13. The molecular weight excluding hydrogens is 294 g/mol. The molecule has 0 saturated carbocycles. The van der Waals surface area contributed by atoms with Crippen LogP contribution in [0.25, 0.3) is 10.9 Å². The highest BCUT2D eigenvalue weighted by atomic mass is 16.2. The van der Waals surface area contributed by atoms with E-state index in [0.29, 0.717) is 11.5 Å².